The van der Waals surface area contributed by atoms with Crippen LogP contribution in [0.5, 0.6) is 5.75 Å². The van der Waals surface area contributed by atoms with Crippen LogP contribution in [0.2, 0.25) is 0 Å². The van der Waals surface area contributed by atoms with E-state index in [-0.39, 0.29) is 5.75 Å². The fourth-order valence-electron chi connectivity index (χ4n) is 2.38. The molecule has 1 heterocycles. The lowest BCUT2D eigenvalue weighted by molar-refractivity contribution is -0.0498. The second-order valence-corrected chi connectivity index (χ2v) is 5.05. The van der Waals surface area contributed by atoms with Crippen LogP contribution in [0.15, 0.2) is 48.5 Å². The Morgan fingerprint density at radius 1 is 1.13 bits per heavy atom. The SMILES string of the molecule is N#C[C@@H](Cc1ccc(OC(F)F)cc1)c1nc2ccccc2[nH]1. The molecule has 0 aliphatic heterocycles. The fraction of sp³-hybridized carbons (Fsp3) is 0.176. The van der Waals surface area contributed by atoms with E-state index < -0.39 is 12.5 Å². The van der Waals surface area contributed by atoms with Gasteiger partial charge in [0.25, 0.3) is 0 Å². The van der Waals surface area contributed by atoms with E-state index in [0.29, 0.717) is 12.2 Å². The van der Waals surface area contributed by atoms with Crippen LogP contribution in [0.3, 0.4) is 0 Å². The normalized spacial score (nSPS) is 12.3. The molecular formula is C17H13F2N3O. The zero-order valence-electron chi connectivity index (χ0n) is 12.0. The van der Waals surface area contributed by atoms with Crippen LogP contribution in [0.1, 0.15) is 17.3 Å². The highest BCUT2D eigenvalue weighted by molar-refractivity contribution is 5.74. The predicted octanol–water partition coefficient (Wildman–Crippen LogP) is 4.01. The van der Waals surface area contributed by atoms with Crippen molar-refractivity contribution >= 4 is 11.0 Å². The molecule has 1 N–H and O–H groups in total. The number of ether oxygens (including phenoxy) is 1. The van der Waals surface area contributed by atoms with Crippen LogP contribution >= 0.6 is 0 Å². The molecule has 2 aromatic carbocycles. The number of hydrogen-bond donors (Lipinski definition) is 1. The first kappa shape index (κ1) is 15.0. The Kier molecular flexibility index (Phi) is 4.20. The molecule has 0 aliphatic rings. The number of nitrogens with zero attached hydrogens (tertiary/aromatic N) is 2. The summed E-state index contributed by atoms with van der Waals surface area (Å²) in [7, 11) is 0. The maximum Gasteiger partial charge on any atom is 0.387 e. The van der Waals surface area contributed by atoms with E-state index in [1.54, 1.807) is 12.1 Å². The Balaban J connectivity index is 1.78. The van der Waals surface area contributed by atoms with Crippen molar-refractivity contribution in [3.05, 3.63) is 59.9 Å². The minimum atomic E-state index is -2.84. The van der Waals surface area contributed by atoms with E-state index in [0.717, 1.165) is 16.6 Å². The standard InChI is InChI=1S/C17H13F2N3O/c18-17(19)23-13-7-5-11(6-8-13)9-12(10-20)16-21-14-3-1-2-4-15(14)22-16/h1-8,12,17H,9H2,(H,21,22)/t12-/m1/s1. The number of halogens is 2. The molecule has 3 aromatic rings. The lowest BCUT2D eigenvalue weighted by Gasteiger charge is -2.08. The van der Waals surface area contributed by atoms with Crippen molar-refractivity contribution in [1.82, 2.24) is 9.97 Å². The average molecular weight is 313 g/mol. The zero-order valence-corrected chi connectivity index (χ0v) is 12.0. The predicted molar refractivity (Wildman–Crippen MR) is 81.2 cm³/mol. The van der Waals surface area contributed by atoms with E-state index in [1.807, 2.05) is 24.3 Å². The first-order chi connectivity index (χ1) is 11.2. The number of imidazole rings is 1. The van der Waals surface area contributed by atoms with Crippen LogP contribution in [0.25, 0.3) is 11.0 Å². The first-order valence-electron chi connectivity index (χ1n) is 7.03. The van der Waals surface area contributed by atoms with Gasteiger partial charge in [0, 0.05) is 0 Å². The van der Waals surface area contributed by atoms with Gasteiger partial charge < -0.3 is 9.72 Å². The minimum absolute atomic E-state index is 0.0981. The summed E-state index contributed by atoms with van der Waals surface area (Å²) in [5, 5.41) is 9.41. The largest absolute Gasteiger partial charge is 0.435 e. The smallest absolute Gasteiger partial charge is 0.387 e. The molecule has 0 saturated carbocycles. The highest BCUT2D eigenvalue weighted by Gasteiger charge is 2.16. The fourth-order valence-corrected chi connectivity index (χ4v) is 2.38. The second kappa shape index (κ2) is 6.44. The van der Waals surface area contributed by atoms with Crippen LogP contribution in [0, 0.1) is 11.3 Å². The third-order valence-electron chi connectivity index (χ3n) is 3.48. The maximum absolute atomic E-state index is 12.1. The van der Waals surface area contributed by atoms with Gasteiger partial charge in [-0.05, 0) is 36.2 Å². The summed E-state index contributed by atoms with van der Waals surface area (Å²) in [6.07, 6.45) is 0.436. The van der Waals surface area contributed by atoms with Gasteiger partial charge in [-0.15, -0.1) is 0 Å². The molecule has 0 radical (unpaired) electrons. The van der Waals surface area contributed by atoms with Gasteiger partial charge in [0.05, 0.1) is 17.1 Å². The Labute approximate surface area is 131 Å². The number of aromatic nitrogens is 2. The topological polar surface area (TPSA) is 61.7 Å². The van der Waals surface area contributed by atoms with Gasteiger partial charge >= 0.3 is 6.61 Å². The van der Waals surface area contributed by atoms with Gasteiger partial charge in [0.15, 0.2) is 0 Å². The van der Waals surface area contributed by atoms with Crippen molar-refractivity contribution in [2.45, 2.75) is 19.0 Å². The van der Waals surface area contributed by atoms with Gasteiger partial charge in [-0.3, -0.25) is 0 Å². The number of rotatable bonds is 5. The summed E-state index contributed by atoms with van der Waals surface area (Å²) in [6.45, 7) is -2.84. The molecule has 0 saturated heterocycles. The second-order valence-electron chi connectivity index (χ2n) is 5.05. The molecule has 116 valence electrons. The molecule has 3 rings (SSSR count). The monoisotopic (exact) mass is 313 g/mol. The van der Waals surface area contributed by atoms with Crippen molar-refractivity contribution in [3.63, 3.8) is 0 Å². The van der Waals surface area contributed by atoms with Gasteiger partial charge in [-0.1, -0.05) is 24.3 Å². The number of alkyl halides is 2. The number of aromatic amines is 1. The van der Waals surface area contributed by atoms with Crippen LogP contribution in [-0.2, 0) is 6.42 Å². The maximum atomic E-state index is 12.1. The minimum Gasteiger partial charge on any atom is -0.435 e. The first-order valence-corrected chi connectivity index (χ1v) is 7.03. The molecule has 0 amide bonds. The molecule has 0 aliphatic carbocycles. The van der Waals surface area contributed by atoms with Gasteiger partial charge in [0.2, 0.25) is 0 Å². The molecule has 0 fully saturated rings. The van der Waals surface area contributed by atoms with E-state index in [4.69, 9.17) is 0 Å². The van der Waals surface area contributed by atoms with Crippen molar-refractivity contribution in [2.24, 2.45) is 0 Å². The molecule has 1 atom stereocenters. The number of benzene rings is 2. The van der Waals surface area contributed by atoms with E-state index in [2.05, 4.69) is 20.8 Å². The molecule has 23 heavy (non-hydrogen) atoms. The Bertz CT molecular complexity index is 804. The summed E-state index contributed by atoms with van der Waals surface area (Å²) < 4.78 is 28.6. The summed E-state index contributed by atoms with van der Waals surface area (Å²) in [5.41, 5.74) is 2.53. The third kappa shape index (κ3) is 3.46. The third-order valence-corrected chi connectivity index (χ3v) is 3.48. The number of fused-ring (bicyclic) bond motifs is 1. The summed E-state index contributed by atoms with van der Waals surface area (Å²) in [5.74, 6) is 0.256. The average Bonchev–Trinajstić information content (AvgIpc) is 2.97. The molecular weight excluding hydrogens is 300 g/mol. The lowest BCUT2D eigenvalue weighted by Crippen LogP contribution is -2.04. The molecule has 1 aromatic heterocycles. The van der Waals surface area contributed by atoms with Crippen LogP contribution in [0.4, 0.5) is 8.78 Å². The van der Waals surface area contributed by atoms with Crippen LogP contribution in [-0.4, -0.2) is 16.6 Å². The van der Waals surface area contributed by atoms with Crippen molar-refractivity contribution in [3.8, 4) is 11.8 Å². The molecule has 0 unspecified atom stereocenters. The Morgan fingerprint density at radius 3 is 2.52 bits per heavy atom. The summed E-state index contributed by atoms with van der Waals surface area (Å²) >= 11 is 0. The molecule has 6 heteroatoms. The number of nitriles is 1. The summed E-state index contributed by atoms with van der Waals surface area (Å²) in [6, 6.07) is 16.1. The van der Waals surface area contributed by atoms with Crippen LogP contribution < -0.4 is 4.74 Å². The van der Waals surface area contributed by atoms with Gasteiger partial charge in [0.1, 0.15) is 17.5 Å². The highest BCUT2D eigenvalue weighted by Crippen LogP contribution is 2.23. The Morgan fingerprint density at radius 2 is 1.87 bits per heavy atom. The van der Waals surface area contributed by atoms with E-state index in [1.165, 1.54) is 12.1 Å². The number of nitrogens with one attached hydrogen (secondary N) is 1. The van der Waals surface area contributed by atoms with Crippen molar-refractivity contribution in [2.75, 3.05) is 0 Å². The number of hydrogen-bond acceptors (Lipinski definition) is 3. The van der Waals surface area contributed by atoms with E-state index in [9.17, 15) is 14.0 Å². The number of para-hydroxylation sites is 2. The molecule has 4 nitrogen and oxygen atoms in total. The molecule has 0 spiro atoms. The zero-order chi connectivity index (χ0) is 16.2. The highest BCUT2D eigenvalue weighted by atomic mass is 19.3. The van der Waals surface area contributed by atoms with Crippen molar-refractivity contribution in [1.29, 1.82) is 5.26 Å². The number of H-pyrrole nitrogens is 1. The lowest BCUT2D eigenvalue weighted by atomic mass is 10.00. The Hall–Kier alpha value is -2.94. The van der Waals surface area contributed by atoms with Gasteiger partial charge in [-0.25, -0.2) is 4.98 Å². The van der Waals surface area contributed by atoms with E-state index >= 15 is 0 Å². The van der Waals surface area contributed by atoms with Crippen molar-refractivity contribution < 1.29 is 13.5 Å². The summed E-state index contributed by atoms with van der Waals surface area (Å²) in [4.78, 5) is 7.58. The van der Waals surface area contributed by atoms with Gasteiger partial charge in [-0.2, -0.15) is 14.0 Å². The molecule has 0 bridgehead atoms. The quantitative estimate of drug-likeness (QED) is 0.774.